The van der Waals surface area contributed by atoms with Crippen LogP contribution in [-0.4, -0.2) is 24.4 Å². The van der Waals surface area contributed by atoms with Crippen LogP contribution in [0.3, 0.4) is 0 Å². The lowest BCUT2D eigenvalue weighted by Gasteiger charge is -2.44. The molecule has 0 aliphatic rings. The first-order chi connectivity index (χ1) is 26.8. The summed E-state index contributed by atoms with van der Waals surface area (Å²) in [5.41, 5.74) is -12.3. The van der Waals surface area contributed by atoms with E-state index in [1.54, 1.807) is 6.92 Å². The molecule has 58 heavy (non-hydrogen) atoms. The van der Waals surface area contributed by atoms with Crippen molar-refractivity contribution >= 4 is 44.7 Å². The number of carbonyl (C=O) groups is 1. The molecule has 0 aliphatic heterocycles. The average Bonchev–Trinajstić information content (AvgIpc) is 3.17. The van der Waals surface area contributed by atoms with E-state index < -0.39 is 144 Å². The van der Waals surface area contributed by atoms with Gasteiger partial charge in [0, 0.05) is 11.1 Å². The van der Waals surface area contributed by atoms with Gasteiger partial charge in [0.1, 0.15) is 58.4 Å². The highest BCUT2D eigenvalue weighted by Gasteiger charge is 2.52. The van der Waals surface area contributed by atoms with E-state index in [0.717, 1.165) is 11.3 Å². The fraction of sp³-hybridized carbons (Fsp3) is 0.114. The predicted octanol–water partition coefficient (Wildman–Crippen LogP) is 8.11. The minimum atomic E-state index is -7.22. The molecule has 23 heteroatoms. The molecule has 310 valence electrons. The van der Waals surface area contributed by atoms with Crippen molar-refractivity contribution in [3.63, 3.8) is 0 Å². The molecule has 5 aromatic rings. The third kappa shape index (κ3) is 7.03. The lowest BCUT2D eigenvalue weighted by atomic mass is 9.12. The molecule has 0 spiro atoms. The number of carbonyl (C=O) groups excluding carboxylic acids is 1. The lowest BCUT2D eigenvalue weighted by Crippen LogP contribution is -2.81. The molecule has 0 bridgehead atoms. The van der Waals surface area contributed by atoms with Crippen LogP contribution in [0.2, 0.25) is 0 Å². The maximum atomic E-state index is 15.4. The highest BCUT2D eigenvalue weighted by Crippen LogP contribution is 2.30. The van der Waals surface area contributed by atoms with Gasteiger partial charge in [-0.05, 0) is 17.8 Å². The predicted molar refractivity (Wildman–Crippen MR) is 169 cm³/mol. The van der Waals surface area contributed by atoms with Crippen molar-refractivity contribution in [2.75, 3.05) is 12.5 Å². The molecule has 0 unspecified atom stereocenters. The van der Waals surface area contributed by atoms with Gasteiger partial charge in [0.2, 0.25) is 0 Å². The van der Waals surface area contributed by atoms with Gasteiger partial charge >= 0.3 is 0 Å². The number of benzene rings is 5. The van der Waals surface area contributed by atoms with Gasteiger partial charge in [0.05, 0.1) is 12.5 Å². The zero-order valence-electron chi connectivity index (χ0n) is 28.5. The van der Waals surface area contributed by atoms with E-state index in [2.05, 4.69) is 12.5 Å². The molecule has 5 aromatic carbocycles. The molecular formula is C35H15BF20OS. The van der Waals surface area contributed by atoms with Gasteiger partial charge in [0.15, 0.2) is 75.6 Å². The maximum Gasteiger partial charge on any atom is 0.200 e. The minimum absolute atomic E-state index is 0.168. The number of hydrogen-bond acceptors (Lipinski definition) is 1. The summed E-state index contributed by atoms with van der Waals surface area (Å²) in [4.78, 5) is 11.3. The van der Waals surface area contributed by atoms with E-state index in [1.807, 2.05) is 24.3 Å². The normalized spacial score (nSPS) is 11.7. The second-order valence-corrected chi connectivity index (χ2v) is 14.4. The first kappa shape index (κ1) is 45.5. The van der Waals surface area contributed by atoms with Crippen LogP contribution in [0.25, 0.3) is 0 Å². The monoisotopic (exact) mass is 874 g/mol. The molecule has 0 amide bonds. The molecule has 0 radical (unpaired) electrons. The van der Waals surface area contributed by atoms with Crippen LogP contribution < -0.4 is 21.9 Å². The van der Waals surface area contributed by atoms with Crippen LogP contribution in [0.4, 0.5) is 87.8 Å². The molecule has 0 N–H and O–H groups in total. The molecule has 5 rings (SSSR count). The number of rotatable bonds is 7. The summed E-state index contributed by atoms with van der Waals surface area (Å²) in [5.74, 6) is -70.2. The third-order valence-electron chi connectivity index (χ3n) is 8.55. The molecule has 0 aliphatic carbocycles. The number of halogens is 20. The summed E-state index contributed by atoms with van der Waals surface area (Å²) in [5, 5.41) is 0. The van der Waals surface area contributed by atoms with Crippen molar-refractivity contribution < 1.29 is 92.6 Å². The van der Waals surface area contributed by atoms with Crippen molar-refractivity contribution in [2.45, 2.75) is 12.7 Å². The Bertz CT molecular complexity index is 2120. The average molecular weight is 874 g/mol. The van der Waals surface area contributed by atoms with Gasteiger partial charge < -0.3 is 0 Å². The second kappa shape index (κ2) is 16.6. The molecule has 1 nitrogen and oxygen atoms in total. The van der Waals surface area contributed by atoms with E-state index >= 15 is 35.1 Å². The van der Waals surface area contributed by atoms with Crippen LogP contribution in [0, 0.1) is 116 Å². The Balaban J connectivity index is 0.000000486. The lowest BCUT2D eigenvalue weighted by molar-refractivity contribution is 0.101. The SMILES string of the molecule is CC(=O)c1ccccc1C[S+](C)C.Fc1c(F)c(F)c([B-](c2c(F)c(F)c(F)c(F)c2F)(c2c(F)c(F)c(F)c(F)c2F)c2c(F)c(F)c(F)c(F)c2F)c(F)c1F. The second-order valence-electron chi connectivity index (χ2n) is 12.1. The Morgan fingerprint density at radius 3 is 0.810 bits per heavy atom. The van der Waals surface area contributed by atoms with Crippen molar-refractivity contribution in [1.82, 2.24) is 0 Å². The Labute approximate surface area is 314 Å². The van der Waals surface area contributed by atoms with Crippen LogP contribution >= 0.6 is 0 Å². The highest BCUT2D eigenvalue weighted by atomic mass is 32.2. The molecule has 0 fully saturated rings. The van der Waals surface area contributed by atoms with E-state index in [4.69, 9.17) is 0 Å². The van der Waals surface area contributed by atoms with Crippen LogP contribution in [0.5, 0.6) is 0 Å². The molecule has 0 atom stereocenters. The van der Waals surface area contributed by atoms with Crippen LogP contribution in [0.15, 0.2) is 24.3 Å². The van der Waals surface area contributed by atoms with Gasteiger partial charge in [-0.3, -0.25) is 4.79 Å². The summed E-state index contributed by atoms with van der Waals surface area (Å²) in [6.07, 6.45) is -2.83. The summed E-state index contributed by atoms with van der Waals surface area (Å²) in [7, 11) is 0.354. The molecular weight excluding hydrogens is 859 g/mol. The fourth-order valence-electron chi connectivity index (χ4n) is 6.17. The Morgan fingerprint density at radius 2 is 0.603 bits per heavy atom. The molecule has 0 saturated heterocycles. The summed E-state index contributed by atoms with van der Waals surface area (Å²) >= 11 is 0. The molecule has 0 heterocycles. The number of hydrogen-bond donors (Lipinski definition) is 0. The van der Waals surface area contributed by atoms with Crippen molar-refractivity contribution in [3.05, 3.63) is 152 Å². The Morgan fingerprint density at radius 1 is 0.397 bits per heavy atom. The van der Waals surface area contributed by atoms with Gasteiger partial charge in [0.25, 0.3) is 0 Å². The summed E-state index contributed by atoms with van der Waals surface area (Å²) in [6, 6.07) is 7.87. The van der Waals surface area contributed by atoms with Crippen LogP contribution in [-0.2, 0) is 16.6 Å². The van der Waals surface area contributed by atoms with E-state index in [9.17, 15) is 57.5 Å². The zero-order valence-corrected chi connectivity index (χ0v) is 29.3. The largest absolute Gasteiger partial charge is 0.294 e. The Hall–Kier alpha value is -5.22. The number of ketones is 1. The van der Waals surface area contributed by atoms with Crippen molar-refractivity contribution in [3.8, 4) is 0 Å². The first-order valence-corrected chi connectivity index (χ1v) is 17.4. The van der Waals surface area contributed by atoms with E-state index in [1.165, 1.54) is 5.56 Å². The standard InChI is InChI=1S/C24BF20.C11H15OS/c26-5-1(6(27)14(35)21(42)13(5)34)25(2-7(28)15(36)22(43)16(37)8(2)29,3-9(30)17(38)23(44)18(39)10(3)31)4-11(32)19(40)24(45)20(41)12(4)33;1-9(12)11-7-5-4-6-10(11)8-13(2)3/h;4-7H,8H2,1-3H3/q-1;+1. The topological polar surface area (TPSA) is 17.1 Å². The van der Waals surface area contributed by atoms with Gasteiger partial charge in [-0.2, -0.15) is 0 Å². The van der Waals surface area contributed by atoms with E-state index in [-0.39, 0.29) is 5.78 Å². The molecule has 0 aromatic heterocycles. The van der Waals surface area contributed by atoms with Gasteiger partial charge in [-0.25, -0.2) is 87.8 Å². The minimum Gasteiger partial charge on any atom is -0.294 e. The Kier molecular flexibility index (Phi) is 13.0. The molecule has 0 saturated carbocycles. The smallest absolute Gasteiger partial charge is 0.200 e. The fourth-order valence-corrected chi connectivity index (χ4v) is 7.05. The zero-order chi connectivity index (χ0) is 44.2. The quantitative estimate of drug-likeness (QED) is 0.0404. The number of Topliss-reactive ketones (excluding diaryl/α,β-unsaturated/α-hetero) is 1. The maximum absolute atomic E-state index is 15.4. The van der Waals surface area contributed by atoms with Crippen LogP contribution in [0.1, 0.15) is 22.8 Å². The first-order valence-electron chi connectivity index (χ1n) is 15.2. The van der Waals surface area contributed by atoms with Crippen molar-refractivity contribution in [1.29, 1.82) is 0 Å². The van der Waals surface area contributed by atoms with Gasteiger partial charge in [-0.15, -0.1) is 21.9 Å². The third-order valence-corrected chi connectivity index (χ3v) is 9.44. The van der Waals surface area contributed by atoms with E-state index in [0.29, 0.717) is 10.9 Å². The highest BCUT2D eigenvalue weighted by molar-refractivity contribution is 7.94. The summed E-state index contributed by atoms with van der Waals surface area (Å²) < 4.78 is 294. The summed E-state index contributed by atoms with van der Waals surface area (Å²) in [6.45, 7) is 1.63. The van der Waals surface area contributed by atoms with Gasteiger partial charge in [-0.1, -0.05) is 24.3 Å². The van der Waals surface area contributed by atoms with Crippen molar-refractivity contribution in [2.24, 2.45) is 0 Å².